The molecule has 0 aromatic carbocycles. The zero-order valence-corrected chi connectivity index (χ0v) is 19.6. The number of rotatable bonds is 6. The summed E-state index contributed by atoms with van der Waals surface area (Å²) in [6, 6.07) is 4.28. The highest BCUT2D eigenvalue weighted by molar-refractivity contribution is 14.0. The Morgan fingerprint density at radius 2 is 2.14 bits per heavy atom. The van der Waals surface area contributed by atoms with Crippen molar-refractivity contribution in [3.05, 3.63) is 35.8 Å². The second-order valence-corrected chi connectivity index (χ2v) is 8.09. The van der Waals surface area contributed by atoms with E-state index >= 15 is 0 Å². The Hall–Kier alpha value is -1.58. The predicted octanol–water partition coefficient (Wildman–Crippen LogP) is 3.47. The molecule has 3 heterocycles. The van der Waals surface area contributed by atoms with Crippen LogP contribution in [-0.2, 0) is 19.4 Å². The molecule has 1 unspecified atom stereocenters. The van der Waals surface area contributed by atoms with Gasteiger partial charge in [0.2, 0.25) is 0 Å². The summed E-state index contributed by atoms with van der Waals surface area (Å²) in [5.41, 5.74) is 0. The minimum atomic E-state index is 0. The highest BCUT2D eigenvalue weighted by Gasteiger charge is 2.22. The summed E-state index contributed by atoms with van der Waals surface area (Å²) in [5, 5.41) is 11.7. The molecule has 2 aromatic heterocycles. The molecule has 1 atom stereocenters. The van der Waals surface area contributed by atoms with Crippen LogP contribution in [0.1, 0.15) is 55.9 Å². The quantitative estimate of drug-likeness (QED) is 0.352. The third kappa shape index (κ3) is 6.45. The first kappa shape index (κ1) is 22.1. The molecule has 4 rings (SSSR count). The Balaban J connectivity index is 0.00000240. The molecule has 2 N–H and O–H groups in total. The van der Waals surface area contributed by atoms with Crippen LogP contribution in [0.4, 0.5) is 0 Å². The van der Waals surface area contributed by atoms with Gasteiger partial charge in [-0.2, -0.15) is 5.10 Å². The van der Waals surface area contributed by atoms with Gasteiger partial charge in [-0.15, -0.1) is 24.0 Å². The smallest absolute Gasteiger partial charge is 0.191 e. The van der Waals surface area contributed by atoms with Crippen LogP contribution in [0, 0.1) is 12.8 Å². The number of aryl methyl sites for hydroxylation is 2. The van der Waals surface area contributed by atoms with Gasteiger partial charge < -0.3 is 15.1 Å². The minimum absolute atomic E-state index is 0. The highest BCUT2D eigenvalue weighted by atomic mass is 127. The number of aromatic nitrogens is 3. The number of hydrogen-bond donors (Lipinski definition) is 2. The molecule has 1 saturated carbocycles. The predicted molar refractivity (Wildman–Crippen MR) is 125 cm³/mol. The molecule has 1 aliphatic heterocycles. The number of nitrogens with zero attached hydrogens (tertiary/aromatic N) is 4. The summed E-state index contributed by atoms with van der Waals surface area (Å²) < 4.78 is 7.48. The van der Waals surface area contributed by atoms with Gasteiger partial charge in [0.05, 0.1) is 12.8 Å². The minimum Gasteiger partial charge on any atom is -0.469 e. The van der Waals surface area contributed by atoms with E-state index < -0.39 is 0 Å². The van der Waals surface area contributed by atoms with Crippen LogP contribution in [0.15, 0.2) is 27.8 Å². The highest BCUT2D eigenvalue weighted by Crippen LogP contribution is 2.23. The van der Waals surface area contributed by atoms with Gasteiger partial charge in [0.15, 0.2) is 5.96 Å². The Morgan fingerprint density at radius 3 is 2.93 bits per heavy atom. The second-order valence-electron chi connectivity index (χ2n) is 8.09. The van der Waals surface area contributed by atoms with E-state index in [9.17, 15) is 0 Å². The Labute approximate surface area is 190 Å². The third-order valence-corrected chi connectivity index (χ3v) is 5.78. The number of hydrogen-bond acceptors (Lipinski definition) is 4. The molecule has 1 aliphatic carbocycles. The maximum absolute atomic E-state index is 5.44. The lowest BCUT2D eigenvalue weighted by Gasteiger charge is -2.26. The molecule has 0 radical (unpaired) electrons. The van der Waals surface area contributed by atoms with Crippen LogP contribution in [-0.4, -0.2) is 39.9 Å². The molecular weight excluding hydrogens is 479 g/mol. The lowest BCUT2D eigenvalue weighted by Crippen LogP contribution is -2.47. The van der Waals surface area contributed by atoms with Crippen molar-refractivity contribution in [1.29, 1.82) is 0 Å². The molecule has 0 saturated heterocycles. The fourth-order valence-electron chi connectivity index (χ4n) is 4.25. The summed E-state index contributed by atoms with van der Waals surface area (Å²) in [4.78, 5) is 9.45. The van der Waals surface area contributed by atoms with Crippen molar-refractivity contribution in [3.8, 4) is 0 Å². The van der Waals surface area contributed by atoms with Gasteiger partial charge in [0.25, 0.3) is 0 Å². The van der Waals surface area contributed by atoms with Crippen LogP contribution in [0.5, 0.6) is 0 Å². The van der Waals surface area contributed by atoms with Crippen LogP contribution < -0.4 is 10.6 Å². The van der Waals surface area contributed by atoms with Gasteiger partial charge in [-0.1, -0.05) is 19.3 Å². The van der Waals surface area contributed by atoms with Crippen molar-refractivity contribution in [1.82, 2.24) is 25.4 Å². The zero-order valence-electron chi connectivity index (χ0n) is 17.3. The molecule has 160 valence electrons. The molecule has 8 heteroatoms. The van der Waals surface area contributed by atoms with E-state index in [1.54, 1.807) is 6.26 Å². The van der Waals surface area contributed by atoms with Crippen LogP contribution in [0.3, 0.4) is 0 Å². The standard InChI is InChI=1S/C21H32N6O.HI/c1-16-24-20-10-9-18(15-27(20)26-16)25-21(22-12-11-19-8-5-13-28-19)23-14-17-6-3-2-4-7-17;/h5,8,13,17-18H,2-4,6-7,9-12,14-15H2,1H3,(H2,22,23,25);1H. The first-order valence-corrected chi connectivity index (χ1v) is 10.7. The molecule has 7 nitrogen and oxygen atoms in total. The number of aliphatic imine (C=N–C) groups is 1. The summed E-state index contributed by atoms with van der Waals surface area (Å²) in [6.07, 6.45) is 11.3. The summed E-state index contributed by atoms with van der Waals surface area (Å²) in [6.45, 7) is 4.53. The van der Waals surface area contributed by atoms with E-state index in [-0.39, 0.29) is 24.0 Å². The monoisotopic (exact) mass is 512 g/mol. The first-order chi connectivity index (χ1) is 13.8. The van der Waals surface area contributed by atoms with Gasteiger partial charge >= 0.3 is 0 Å². The average Bonchev–Trinajstić information content (AvgIpc) is 3.35. The maximum Gasteiger partial charge on any atom is 0.191 e. The van der Waals surface area contributed by atoms with Crippen molar-refractivity contribution in [2.75, 3.05) is 13.1 Å². The molecule has 2 aliphatic rings. The Bertz CT molecular complexity index is 766. The summed E-state index contributed by atoms with van der Waals surface area (Å²) in [7, 11) is 0. The van der Waals surface area contributed by atoms with E-state index in [1.165, 1.54) is 32.1 Å². The normalized spacial score (nSPS) is 20.0. The average molecular weight is 512 g/mol. The summed E-state index contributed by atoms with van der Waals surface area (Å²) in [5.74, 6) is 4.61. The number of halogens is 1. The van der Waals surface area contributed by atoms with Crippen LogP contribution >= 0.6 is 24.0 Å². The molecule has 29 heavy (non-hydrogen) atoms. The maximum atomic E-state index is 5.44. The van der Waals surface area contributed by atoms with Crippen LogP contribution in [0.25, 0.3) is 0 Å². The van der Waals surface area contributed by atoms with Gasteiger partial charge in [-0.05, 0) is 44.2 Å². The number of furan rings is 1. The lowest BCUT2D eigenvalue weighted by atomic mass is 9.89. The van der Waals surface area contributed by atoms with Crippen molar-refractivity contribution in [2.24, 2.45) is 10.9 Å². The fourth-order valence-corrected chi connectivity index (χ4v) is 4.25. The van der Waals surface area contributed by atoms with Gasteiger partial charge in [-0.25, -0.2) is 9.67 Å². The number of nitrogens with one attached hydrogen (secondary N) is 2. The van der Waals surface area contributed by atoms with Crippen molar-refractivity contribution >= 4 is 29.9 Å². The second kappa shape index (κ2) is 11.0. The third-order valence-electron chi connectivity index (χ3n) is 5.78. The van der Waals surface area contributed by atoms with E-state index in [0.29, 0.717) is 6.04 Å². The van der Waals surface area contributed by atoms with E-state index in [1.807, 2.05) is 23.7 Å². The topological polar surface area (TPSA) is 80.3 Å². The number of guanidine groups is 1. The van der Waals surface area contributed by atoms with Crippen LogP contribution in [0.2, 0.25) is 0 Å². The summed E-state index contributed by atoms with van der Waals surface area (Å²) >= 11 is 0. The lowest BCUT2D eigenvalue weighted by molar-refractivity contribution is 0.364. The zero-order chi connectivity index (χ0) is 19.2. The van der Waals surface area contributed by atoms with E-state index in [2.05, 4.69) is 20.7 Å². The molecular formula is C21H33IN6O. The van der Waals surface area contributed by atoms with Gasteiger partial charge in [-0.3, -0.25) is 4.99 Å². The largest absolute Gasteiger partial charge is 0.469 e. The van der Waals surface area contributed by atoms with Crippen molar-refractivity contribution in [3.63, 3.8) is 0 Å². The SMILES string of the molecule is Cc1nc2n(n1)CC(NC(=NCC1CCCCC1)NCCc1ccco1)CC2.I. The first-order valence-electron chi connectivity index (χ1n) is 10.7. The number of fused-ring (bicyclic) bond motifs is 1. The molecule has 0 spiro atoms. The van der Waals surface area contributed by atoms with Gasteiger partial charge in [0, 0.05) is 32.0 Å². The van der Waals surface area contributed by atoms with Crippen molar-refractivity contribution in [2.45, 2.75) is 70.9 Å². The Kier molecular flexibility index (Phi) is 8.38. The molecule has 0 amide bonds. The van der Waals surface area contributed by atoms with E-state index in [0.717, 1.165) is 68.2 Å². The Morgan fingerprint density at radius 1 is 1.28 bits per heavy atom. The van der Waals surface area contributed by atoms with Crippen molar-refractivity contribution < 1.29 is 4.42 Å². The van der Waals surface area contributed by atoms with Gasteiger partial charge in [0.1, 0.15) is 17.4 Å². The molecule has 2 aromatic rings. The molecule has 1 fully saturated rings. The fraction of sp³-hybridized carbons (Fsp3) is 0.667. The van der Waals surface area contributed by atoms with E-state index in [4.69, 9.17) is 9.41 Å². The molecule has 0 bridgehead atoms.